The topological polar surface area (TPSA) is 58.6 Å². The number of phenols is 1. The highest BCUT2D eigenvalue weighted by Gasteiger charge is 2.18. The lowest BCUT2D eigenvalue weighted by Gasteiger charge is -2.08. The highest BCUT2D eigenvalue weighted by molar-refractivity contribution is 6.00. The Bertz CT molecular complexity index is 379. The molecule has 0 bridgehead atoms. The van der Waals surface area contributed by atoms with Crippen molar-refractivity contribution in [2.75, 3.05) is 20.7 Å². The number of carbonyl (C=O) groups is 1. The molecule has 0 saturated carbocycles. The molecule has 4 nitrogen and oxygen atoms in total. The van der Waals surface area contributed by atoms with Gasteiger partial charge in [-0.3, -0.25) is 4.79 Å². The molecule has 0 aliphatic heterocycles. The van der Waals surface area contributed by atoms with Gasteiger partial charge in [0, 0.05) is 12.1 Å². The van der Waals surface area contributed by atoms with Crippen molar-refractivity contribution in [1.29, 1.82) is 0 Å². The number of ketones is 1. The zero-order chi connectivity index (χ0) is 11.4. The second-order valence-electron chi connectivity index (χ2n) is 2.96. The van der Waals surface area contributed by atoms with Crippen molar-refractivity contribution in [2.24, 2.45) is 0 Å². The molecule has 0 fully saturated rings. The van der Waals surface area contributed by atoms with Gasteiger partial charge in [-0.15, -0.1) is 0 Å². The highest BCUT2D eigenvalue weighted by Crippen LogP contribution is 2.27. The predicted octanol–water partition coefficient (Wildman–Crippen LogP) is 0.942. The van der Waals surface area contributed by atoms with Crippen LogP contribution in [0.15, 0.2) is 12.1 Å². The van der Waals surface area contributed by atoms with Crippen molar-refractivity contribution >= 4 is 5.78 Å². The SMILES string of the molecule is CNCC(=O)c1c(F)cc(O)cc1OC. The molecule has 1 rings (SSSR count). The molecule has 82 valence electrons. The van der Waals surface area contributed by atoms with Gasteiger partial charge in [-0.1, -0.05) is 0 Å². The zero-order valence-electron chi connectivity index (χ0n) is 8.50. The number of Topliss-reactive ketones (excluding diaryl/α,β-unsaturated/α-hetero) is 1. The van der Waals surface area contributed by atoms with E-state index in [1.54, 1.807) is 7.05 Å². The average molecular weight is 213 g/mol. The van der Waals surface area contributed by atoms with Crippen LogP contribution in [0.2, 0.25) is 0 Å². The van der Waals surface area contributed by atoms with E-state index >= 15 is 0 Å². The molecule has 0 amide bonds. The molecule has 0 aliphatic rings. The monoisotopic (exact) mass is 213 g/mol. The standard InChI is InChI=1S/C10H12FNO3/c1-12-5-8(14)10-7(11)3-6(13)4-9(10)15-2/h3-4,12-13H,5H2,1-2H3. The van der Waals surface area contributed by atoms with E-state index < -0.39 is 11.6 Å². The molecular weight excluding hydrogens is 201 g/mol. The van der Waals surface area contributed by atoms with Crippen molar-refractivity contribution < 1.29 is 19.0 Å². The third kappa shape index (κ3) is 2.44. The minimum Gasteiger partial charge on any atom is -0.508 e. The van der Waals surface area contributed by atoms with Crippen molar-refractivity contribution in [1.82, 2.24) is 5.32 Å². The first-order valence-electron chi connectivity index (χ1n) is 4.34. The molecule has 0 unspecified atom stereocenters. The molecule has 0 atom stereocenters. The zero-order valence-corrected chi connectivity index (χ0v) is 8.50. The van der Waals surface area contributed by atoms with E-state index in [0.29, 0.717) is 0 Å². The molecule has 0 aromatic heterocycles. The molecule has 2 N–H and O–H groups in total. The lowest BCUT2D eigenvalue weighted by atomic mass is 10.1. The van der Waals surface area contributed by atoms with Gasteiger partial charge in [-0.05, 0) is 7.05 Å². The van der Waals surface area contributed by atoms with Crippen LogP contribution >= 0.6 is 0 Å². The fourth-order valence-electron chi connectivity index (χ4n) is 1.25. The van der Waals surface area contributed by atoms with Crippen LogP contribution in [0.1, 0.15) is 10.4 Å². The summed E-state index contributed by atoms with van der Waals surface area (Å²) < 4.78 is 18.2. The van der Waals surface area contributed by atoms with Gasteiger partial charge in [0.05, 0.1) is 19.2 Å². The third-order valence-electron chi connectivity index (χ3n) is 1.87. The smallest absolute Gasteiger partial charge is 0.183 e. The lowest BCUT2D eigenvalue weighted by Crippen LogP contribution is -2.20. The number of hydrogen-bond acceptors (Lipinski definition) is 4. The summed E-state index contributed by atoms with van der Waals surface area (Å²) in [4.78, 5) is 11.5. The Kier molecular flexibility index (Phi) is 3.62. The van der Waals surface area contributed by atoms with Crippen LogP contribution in [-0.2, 0) is 0 Å². The maximum atomic E-state index is 13.4. The van der Waals surface area contributed by atoms with Crippen LogP contribution in [0.3, 0.4) is 0 Å². The van der Waals surface area contributed by atoms with E-state index in [4.69, 9.17) is 9.84 Å². The third-order valence-corrected chi connectivity index (χ3v) is 1.87. The fraction of sp³-hybridized carbons (Fsp3) is 0.300. The van der Waals surface area contributed by atoms with Crippen LogP contribution in [0.25, 0.3) is 0 Å². The summed E-state index contributed by atoms with van der Waals surface area (Å²) >= 11 is 0. The van der Waals surface area contributed by atoms with E-state index in [9.17, 15) is 9.18 Å². The molecule has 0 spiro atoms. The molecule has 0 heterocycles. The second kappa shape index (κ2) is 4.75. The number of carbonyl (C=O) groups excluding carboxylic acids is 1. The van der Waals surface area contributed by atoms with Crippen LogP contribution in [0.5, 0.6) is 11.5 Å². The Morgan fingerprint density at radius 1 is 1.60 bits per heavy atom. The first-order chi connectivity index (χ1) is 7.10. The summed E-state index contributed by atoms with van der Waals surface area (Å²) in [5, 5.41) is 11.7. The Morgan fingerprint density at radius 2 is 2.27 bits per heavy atom. The Labute approximate surface area is 86.7 Å². The average Bonchev–Trinajstić information content (AvgIpc) is 2.16. The highest BCUT2D eigenvalue weighted by atomic mass is 19.1. The maximum Gasteiger partial charge on any atom is 0.183 e. The first kappa shape index (κ1) is 11.5. The Morgan fingerprint density at radius 3 is 2.80 bits per heavy atom. The summed E-state index contributed by atoms with van der Waals surface area (Å²) in [5.74, 6) is -1.45. The van der Waals surface area contributed by atoms with Crippen molar-refractivity contribution in [3.05, 3.63) is 23.5 Å². The number of likely N-dealkylation sites (N-methyl/N-ethyl adjacent to an activating group) is 1. The maximum absolute atomic E-state index is 13.4. The van der Waals surface area contributed by atoms with Gasteiger partial charge in [0.15, 0.2) is 5.78 Å². The van der Waals surface area contributed by atoms with Gasteiger partial charge < -0.3 is 15.2 Å². The largest absolute Gasteiger partial charge is 0.508 e. The summed E-state index contributed by atoms with van der Waals surface area (Å²) in [5.41, 5.74) is -0.148. The van der Waals surface area contributed by atoms with Crippen molar-refractivity contribution in [3.8, 4) is 11.5 Å². The second-order valence-corrected chi connectivity index (χ2v) is 2.96. The Hall–Kier alpha value is -1.62. The van der Waals surface area contributed by atoms with Crippen LogP contribution in [0, 0.1) is 5.82 Å². The lowest BCUT2D eigenvalue weighted by molar-refractivity contribution is 0.0986. The fourth-order valence-corrected chi connectivity index (χ4v) is 1.25. The number of ether oxygens (including phenoxy) is 1. The van der Waals surface area contributed by atoms with E-state index in [-0.39, 0.29) is 23.6 Å². The van der Waals surface area contributed by atoms with E-state index in [1.165, 1.54) is 13.2 Å². The van der Waals surface area contributed by atoms with Crippen LogP contribution < -0.4 is 10.1 Å². The van der Waals surface area contributed by atoms with Gasteiger partial charge in [0.25, 0.3) is 0 Å². The van der Waals surface area contributed by atoms with Gasteiger partial charge in [-0.25, -0.2) is 4.39 Å². The molecule has 5 heteroatoms. The molecule has 1 aromatic rings. The number of nitrogens with one attached hydrogen (secondary N) is 1. The van der Waals surface area contributed by atoms with Gasteiger partial charge >= 0.3 is 0 Å². The van der Waals surface area contributed by atoms with Crippen LogP contribution in [-0.4, -0.2) is 31.6 Å². The number of aromatic hydroxyl groups is 1. The van der Waals surface area contributed by atoms with E-state index in [0.717, 1.165) is 6.07 Å². The first-order valence-corrected chi connectivity index (χ1v) is 4.34. The number of hydrogen-bond donors (Lipinski definition) is 2. The van der Waals surface area contributed by atoms with Gasteiger partial charge in [0.1, 0.15) is 17.3 Å². The Balaban J connectivity index is 3.20. The van der Waals surface area contributed by atoms with Gasteiger partial charge in [-0.2, -0.15) is 0 Å². The van der Waals surface area contributed by atoms with E-state index in [2.05, 4.69) is 5.32 Å². The van der Waals surface area contributed by atoms with E-state index in [1.807, 2.05) is 0 Å². The molecular formula is C10H12FNO3. The quantitative estimate of drug-likeness (QED) is 0.731. The number of halogens is 1. The summed E-state index contributed by atoms with van der Waals surface area (Å²) in [7, 11) is 2.90. The number of methoxy groups -OCH3 is 1. The number of rotatable bonds is 4. The summed E-state index contributed by atoms with van der Waals surface area (Å²) in [6.45, 7) is 0.0120. The minimum atomic E-state index is -0.785. The number of benzene rings is 1. The molecule has 0 aliphatic carbocycles. The van der Waals surface area contributed by atoms with Gasteiger partial charge in [0.2, 0.25) is 0 Å². The van der Waals surface area contributed by atoms with Crippen molar-refractivity contribution in [2.45, 2.75) is 0 Å². The predicted molar refractivity (Wildman–Crippen MR) is 52.9 cm³/mol. The number of phenolic OH excluding ortho intramolecular Hbond substituents is 1. The van der Waals surface area contributed by atoms with Crippen molar-refractivity contribution in [3.63, 3.8) is 0 Å². The van der Waals surface area contributed by atoms with Crippen LogP contribution in [0.4, 0.5) is 4.39 Å². The molecule has 0 radical (unpaired) electrons. The molecule has 15 heavy (non-hydrogen) atoms. The molecule has 1 aromatic carbocycles. The minimum absolute atomic E-state index is 0.0120. The molecule has 0 saturated heterocycles. The summed E-state index contributed by atoms with van der Waals surface area (Å²) in [6.07, 6.45) is 0. The normalized spacial score (nSPS) is 10.1. The summed E-state index contributed by atoms with van der Waals surface area (Å²) in [6, 6.07) is 2.08.